The zero-order chi connectivity index (χ0) is 17.8. The number of amides is 2. The molecule has 0 saturated carbocycles. The second kappa shape index (κ2) is 7.12. The first-order valence-corrected chi connectivity index (χ1v) is 7.83. The van der Waals surface area contributed by atoms with E-state index in [-0.39, 0.29) is 23.0 Å². The third kappa shape index (κ3) is 3.50. The van der Waals surface area contributed by atoms with Gasteiger partial charge in [-0.3, -0.25) is 14.6 Å². The molecule has 2 N–H and O–H groups in total. The van der Waals surface area contributed by atoms with Gasteiger partial charge >= 0.3 is 0 Å². The SMILES string of the molecule is CCCC(=O)Nc1c(C(=O)Nc2ccccc2F)oc2cccnc12. The maximum absolute atomic E-state index is 13.8. The van der Waals surface area contributed by atoms with Gasteiger partial charge in [-0.05, 0) is 30.7 Å². The number of halogens is 1. The summed E-state index contributed by atoms with van der Waals surface area (Å²) in [6.45, 7) is 1.87. The normalized spacial score (nSPS) is 10.6. The lowest BCUT2D eigenvalue weighted by Crippen LogP contribution is -2.17. The van der Waals surface area contributed by atoms with Crippen LogP contribution in [0.4, 0.5) is 15.8 Å². The Hall–Kier alpha value is -3.22. The molecule has 3 aromatic rings. The Morgan fingerprint density at radius 3 is 2.72 bits per heavy atom. The summed E-state index contributed by atoms with van der Waals surface area (Å²) in [5, 5.41) is 5.11. The molecule has 0 unspecified atom stereocenters. The molecule has 6 nitrogen and oxygen atoms in total. The second-order valence-corrected chi connectivity index (χ2v) is 5.39. The van der Waals surface area contributed by atoms with Gasteiger partial charge in [0.25, 0.3) is 5.91 Å². The summed E-state index contributed by atoms with van der Waals surface area (Å²) in [6.07, 6.45) is 2.49. The van der Waals surface area contributed by atoms with Gasteiger partial charge in [0.15, 0.2) is 5.58 Å². The molecule has 2 heterocycles. The van der Waals surface area contributed by atoms with Crippen LogP contribution in [-0.4, -0.2) is 16.8 Å². The standard InChI is InChI=1S/C18H16FN3O3/c1-2-6-14(23)22-16-15-13(9-5-10-20-15)25-17(16)18(24)21-12-8-4-3-7-11(12)19/h3-5,7-10H,2,6H2,1H3,(H,21,24)(H,22,23). The van der Waals surface area contributed by atoms with E-state index in [1.165, 1.54) is 24.4 Å². The highest BCUT2D eigenvalue weighted by molar-refractivity contribution is 6.13. The van der Waals surface area contributed by atoms with Crippen molar-refractivity contribution in [2.45, 2.75) is 19.8 Å². The Balaban J connectivity index is 1.98. The van der Waals surface area contributed by atoms with Crippen molar-refractivity contribution in [3.05, 3.63) is 54.2 Å². The van der Waals surface area contributed by atoms with Gasteiger partial charge in [-0.25, -0.2) is 4.39 Å². The van der Waals surface area contributed by atoms with E-state index in [1.807, 2.05) is 6.92 Å². The third-order valence-electron chi connectivity index (χ3n) is 3.52. The molecular weight excluding hydrogens is 325 g/mol. The van der Waals surface area contributed by atoms with Crippen LogP contribution in [0.3, 0.4) is 0 Å². The summed E-state index contributed by atoms with van der Waals surface area (Å²) < 4.78 is 19.3. The van der Waals surface area contributed by atoms with Crippen molar-refractivity contribution >= 4 is 34.3 Å². The summed E-state index contributed by atoms with van der Waals surface area (Å²) in [5.41, 5.74) is 0.924. The first kappa shape index (κ1) is 16.6. The van der Waals surface area contributed by atoms with Crippen LogP contribution in [0.1, 0.15) is 30.3 Å². The van der Waals surface area contributed by atoms with Crippen LogP contribution in [0, 0.1) is 5.82 Å². The van der Waals surface area contributed by atoms with Crippen LogP contribution in [0.2, 0.25) is 0 Å². The van der Waals surface area contributed by atoms with Crippen molar-refractivity contribution < 1.29 is 18.4 Å². The Morgan fingerprint density at radius 1 is 1.16 bits per heavy atom. The minimum absolute atomic E-state index is 0.0201. The van der Waals surface area contributed by atoms with E-state index in [1.54, 1.807) is 18.2 Å². The van der Waals surface area contributed by atoms with Crippen LogP contribution >= 0.6 is 0 Å². The number of aromatic nitrogens is 1. The predicted octanol–water partition coefficient (Wildman–Crippen LogP) is 3.96. The van der Waals surface area contributed by atoms with Gasteiger partial charge in [-0.1, -0.05) is 19.1 Å². The third-order valence-corrected chi connectivity index (χ3v) is 3.52. The molecule has 0 aliphatic heterocycles. The van der Waals surface area contributed by atoms with Gasteiger partial charge < -0.3 is 15.1 Å². The summed E-state index contributed by atoms with van der Waals surface area (Å²) in [5.74, 6) is -1.62. The molecule has 0 saturated heterocycles. The van der Waals surface area contributed by atoms with E-state index in [2.05, 4.69) is 15.6 Å². The number of hydrogen-bond donors (Lipinski definition) is 2. The summed E-state index contributed by atoms with van der Waals surface area (Å²) in [6, 6.07) is 9.08. The number of carbonyl (C=O) groups is 2. The van der Waals surface area contributed by atoms with Gasteiger partial charge in [-0.2, -0.15) is 0 Å². The average molecular weight is 341 g/mol. The van der Waals surface area contributed by atoms with Gasteiger partial charge in [0.05, 0.1) is 5.69 Å². The average Bonchev–Trinajstić information content (AvgIpc) is 2.96. The molecule has 2 aromatic heterocycles. The number of rotatable bonds is 5. The fourth-order valence-electron chi connectivity index (χ4n) is 2.38. The number of para-hydroxylation sites is 1. The second-order valence-electron chi connectivity index (χ2n) is 5.39. The van der Waals surface area contributed by atoms with E-state index in [4.69, 9.17) is 4.42 Å². The molecule has 128 valence electrons. The van der Waals surface area contributed by atoms with E-state index in [9.17, 15) is 14.0 Å². The number of carbonyl (C=O) groups excluding carboxylic acids is 2. The van der Waals surface area contributed by atoms with Crippen LogP contribution in [0.25, 0.3) is 11.1 Å². The van der Waals surface area contributed by atoms with E-state index in [0.29, 0.717) is 23.9 Å². The number of benzene rings is 1. The molecule has 0 radical (unpaired) electrons. The molecule has 0 bridgehead atoms. The molecule has 3 rings (SSSR count). The van der Waals surface area contributed by atoms with Gasteiger partial charge in [0.1, 0.15) is 17.0 Å². The predicted molar refractivity (Wildman–Crippen MR) is 91.9 cm³/mol. The number of fused-ring (bicyclic) bond motifs is 1. The monoisotopic (exact) mass is 341 g/mol. The van der Waals surface area contributed by atoms with Crippen molar-refractivity contribution in [3.63, 3.8) is 0 Å². The largest absolute Gasteiger partial charge is 0.447 e. The van der Waals surface area contributed by atoms with Crippen molar-refractivity contribution in [2.75, 3.05) is 10.6 Å². The molecule has 7 heteroatoms. The Labute approximate surface area is 143 Å². The number of pyridine rings is 1. The first-order valence-electron chi connectivity index (χ1n) is 7.83. The number of nitrogens with one attached hydrogen (secondary N) is 2. The lowest BCUT2D eigenvalue weighted by atomic mass is 10.2. The summed E-state index contributed by atoms with van der Waals surface area (Å²) >= 11 is 0. The Kier molecular flexibility index (Phi) is 4.74. The zero-order valence-corrected chi connectivity index (χ0v) is 13.5. The van der Waals surface area contributed by atoms with Crippen LogP contribution in [-0.2, 0) is 4.79 Å². The number of nitrogens with zero attached hydrogens (tertiary/aromatic N) is 1. The van der Waals surface area contributed by atoms with Crippen LogP contribution < -0.4 is 10.6 Å². The van der Waals surface area contributed by atoms with Crippen LogP contribution in [0.15, 0.2) is 47.0 Å². The zero-order valence-electron chi connectivity index (χ0n) is 13.5. The molecule has 0 fully saturated rings. The fraction of sp³-hybridized carbons (Fsp3) is 0.167. The Bertz CT molecular complexity index is 936. The smallest absolute Gasteiger partial charge is 0.293 e. The number of hydrogen-bond acceptors (Lipinski definition) is 4. The molecule has 0 aliphatic rings. The van der Waals surface area contributed by atoms with Gasteiger partial charge in [0.2, 0.25) is 11.7 Å². The van der Waals surface area contributed by atoms with Gasteiger partial charge in [0, 0.05) is 12.6 Å². The van der Waals surface area contributed by atoms with E-state index < -0.39 is 11.7 Å². The topological polar surface area (TPSA) is 84.2 Å². The summed E-state index contributed by atoms with van der Waals surface area (Å²) in [7, 11) is 0. The highest BCUT2D eigenvalue weighted by Gasteiger charge is 2.23. The van der Waals surface area contributed by atoms with Gasteiger partial charge in [-0.15, -0.1) is 0 Å². The minimum Gasteiger partial charge on any atom is -0.447 e. The summed E-state index contributed by atoms with van der Waals surface area (Å²) in [4.78, 5) is 28.7. The van der Waals surface area contributed by atoms with Crippen molar-refractivity contribution in [1.29, 1.82) is 0 Å². The van der Waals surface area contributed by atoms with Crippen molar-refractivity contribution in [2.24, 2.45) is 0 Å². The minimum atomic E-state index is -0.671. The molecule has 2 amide bonds. The maximum atomic E-state index is 13.8. The van der Waals surface area contributed by atoms with Crippen molar-refractivity contribution in [1.82, 2.24) is 4.98 Å². The fourth-order valence-corrected chi connectivity index (χ4v) is 2.38. The highest BCUT2D eigenvalue weighted by atomic mass is 19.1. The maximum Gasteiger partial charge on any atom is 0.293 e. The molecule has 0 atom stereocenters. The molecular formula is C18H16FN3O3. The lowest BCUT2D eigenvalue weighted by Gasteiger charge is -2.07. The quantitative estimate of drug-likeness (QED) is 0.736. The highest BCUT2D eigenvalue weighted by Crippen LogP contribution is 2.30. The van der Waals surface area contributed by atoms with E-state index >= 15 is 0 Å². The molecule has 25 heavy (non-hydrogen) atoms. The van der Waals surface area contributed by atoms with Crippen LogP contribution in [0.5, 0.6) is 0 Å². The number of anilines is 2. The van der Waals surface area contributed by atoms with Crippen molar-refractivity contribution in [3.8, 4) is 0 Å². The molecule has 0 aliphatic carbocycles. The Morgan fingerprint density at radius 2 is 1.96 bits per heavy atom. The number of furan rings is 1. The lowest BCUT2D eigenvalue weighted by molar-refractivity contribution is -0.116. The van der Waals surface area contributed by atoms with E-state index in [0.717, 1.165) is 0 Å². The first-order chi connectivity index (χ1) is 12.1. The molecule has 0 spiro atoms. The molecule has 1 aromatic carbocycles.